The van der Waals surface area contributed by atoms with Gasteiger partial charge < -0.3 is 5.32 Å². The maximum atomic E-state index is 12.2. The Bertz CT molecular complexity index is 1000. The average Bonchev–Trinajstić information content (AvgIpc) is 2.88. The molecular formula is C14H15N5O5S. The van der Waals surface area contributed by atoms with E-state index in [-0.39, 0.29) is 11.5 Å². The molecule has 0 saturated carbocycles. The van der Waals surface area contributed by atoms with E-state index < -0.39 is 39.9 Å². The van der Waals surface area contributed by atoms with E-state index in [4.69, 9.17) is 0 Å². The third-order valence-corrected chi connectivity index (χ3v) is 5.51. The Hall–Kier alpha value is -2.82. The van der Waals surface area contributed by atoms with Crippen LogP contribution in [0.1, 0.15) is 6.42 Å². The number of benzene rings is 1. The number of carbonyl (C=O) groups is 2. The molecule has 0 aliphatic carbocycles. The highest BCUT2D eigenvalue weighted by atomic mass is 32.2. The van der Waals surface area contributed by atoms with Crippen molar-refractivity contribution in [3.8, 4) is 0 Å². The van der Waals surface area contributed by atoms with E-state index in [1.807, 2.05) is 5.32 Å². The molecule has 1 unspecified atom stereocenters. The Balaban J connectivity index is 1.62. The summed E-state index contributed by atoms with van der Waals surface area (Å²) >= 11 is 0. The molecule has 0 radical (unpaired) electrons. The maximum Gasteiger partial charge on any atom is 0.321 e. The topological polar surface area (TPSA) is 140 Å². The number of amides is 3. The predicted octanol–water partition coefficient (Wildman–Crippen LogP) is -1.20. The molecule has 2 heterocycles. The van der Waals surface area contributed by atoms with Gasteiger partial charge in [-0.2, -0.15) is 0 Å². The summed E-state index contributed by atoms with van der Waals surface area (Å²) < 4.78 is 23.5. The molecule has 132 valence electrons. The molecule has 1 atom stereocenters. The molecule has 3 rings (SSSR count). The fourth-order valence-corrected chi connectivity index (χ4v) is 4.23. The van der Waals surface area contributed by atoms with Crippen molar-refractivity contribution in [3.05, 3.63) is 34.6 Å². The van der Waals surface area contributed by atoms with Crippen LogP contribution in [0.15, 0.2) is 29.1 Å². The molecule has 2 aromatic rings. The van der Waals surface area contributed by atoms with Crippen LogP contribution in [-0.4, -0.2) is 52.9 Å². The average molecular weight is 365 g/mol. The van der Waals surface area contributed by atoms with Crippen LogP contribution in [0.5, 0.6) is 0 Å². The fourth-order valence-electron chi connectivity index (χ4n) is 2.56. The Morgan fingerprint density at radius 3 is 2.76 bits per heavy atom. The van der Waals surface area contributed by atoms with Crippen LogP contribution in [-0.2, 0) is 21.2 Å². The number of sulfone groups is 1. The van der Waals surface area contributed by atoms with Crippen molar-refractivity contribution in [1.82, 2.24) is 25.6 Å². The Labute approximate surface area is 142 Å². The van der Waals surface area contributed by atoms with E-state index in [2.05, 4.69) is 15.6 Å². The van der Waals surface area contributed by atoms with E-state index in [0.717, 1.165) is 4.68 Å². The highest BCUT2D eigenvalue weighted by molar-refractivity contribution is 7.91. The van der Waals surface area contributed by atoms with Gasteiger partial charge in [0.1, 0.15) is 12.1 Å². The molecule has 1 aliphatic rings. The SMILES string of the molecule is O=C(Cn1nnc2ccccc2c1=O)NC(=O)NC1CCS(=O)(=O)C1. The fraction of sp³-hybridized carbons (Fsp3) is 0.357. The summed E-state index contributed by atoms with van der Waals surface area (Å²) in [5.74, 6) is -0.900. The molecule has 25 heavy (non-hydrogen) atoms. The molecule has 1 aromatic heterocycles. The number of carbonyl (C=O) groups excluding carboxylic acids is 2. The zero-order valence-corrected chi connectivity index (χ0v) is 13.8. The van der Waals surface area contributed by atoms with Gasteiger partial charge in [-0.25, -0.2) is 17.9 Å². The van der Waals surface area contributed by atoms with E-state index in [1.165, 1.54) is 0 Å². The summed E-state index contributed by atoms with van der Waals surface area (Å²) in [5.41, 5.74) is -0.0904. The van der Waals surface area contributed by atoms with Gasteiger partial charge in [0, 0.05) is 6.04 Å². The van der Waals surface area contributed by atoms with Crippen LogP contribution in [0, 0.1) is 0 Å². The number of hydrogen-bond acceptors (Lipinski definition) is 7. The zero-order valence-electron chi connectivity index (χ0n) is 13.0. The second-order valence-corrected chi connectivity index (χ2v) is 7.92. The van der Waals surface area contributed by atoms with Crippen molar-refractivity contribution in [2.45, 2.75) is 19.0 Å². The molecule has 0 bridgehead atoms. The van der Waals surface area contributed by atoms with Gasteiger partial charge in [-0.3, -0.25) is 14.9 Å². The predicted molar refractivity (Wildman–Crippen MR) is 87.5 cm³/mol. The minimum atomic E-state index is -3.14. The number of imide groups is 1. The lowest BCUT2D eigenvalue weighted by Gasteiger charge is -2.11. The van der Waals surface area contributed by atoms with Gasteiger partial charge in [0.2, 0.25) is 5.91 Å². The summed E-state index contributed by atoms with van der Waals surface area (Å²) in [6.07, 6.45) is 0.305. The van der Waals surface area contributed by atoms with E-state index in [9.17, 15) is 22.8 Å². The quantitative estimate of drug-likeness (QED) is 0.696. The van der Waals surface area contributed by atoms with Gasteiger partial charge >= 0.3 is 6.03 Å². The third-order valence-electron chi connectivity index (χ3n) is 3.74. The van der Waals surface area contributed by atoms with Crippen molar-refractivity contribution in [1.29, 1.82) is 0 Å². The highest BCUT2D eigenvalue weighted by Gasteiger charge is 2.29. The summed E-state index contributed by atoms with van der Waals surface area (Å²) in [6.45, 7) is -0.479. The normalized spacial score (nSPS) is 18.8. The van der Waals surface area contributed by atoms with E-state index in [0.29, 0.717) is 17.3 Å². The molecule has 2 N–H and O–H groups in total. The summed E-state index contributed by atoms with van der Waals surface area (Å²) in [5, 5.41) is 12.3. The second kappa shape index (κ2) is 6.59. The lowest BCUT2D eigenvalue weighted by Crippen LogP contribution is -2.46. The molecule has 10 nitrogen and oxygen atoms in total. The Morgan fingerprint density at radius 1 is 1.28 bits per heavy atom. The van der Waals surface area contributed by atoms with Crippen molar-refractivity contribution < 1.29 is 18.0 Å². The first-order valence-corrected chi connectivity index (χ1v) is 9.29. The number of nitrogens with zero attached hydrogens (tertiary/aromatic N) is 3. The number of aromatic nitrogens is 3. The van der Waals surface area contributed by atoms with Crippen molar-refractivity contribution in [2.24, 2.45) is 0 Å². The monoisotopic (exact) mass is 365 g/mol. The number of urea groups is 1. The molecule has 0 spiro atoms. The lowest BCUT2D eigenvalue weighted by atomic mass is 10.2. The second-order valence-electron chi connectivity index (χ2n) is 5.69. The third kappa shape index (κ3) is 3.99. The Kier molecular flexibility index (Phi) is 4.49. The van der Waals surface area contributed by atoms with Crippen LogP contribution in [0.2, 0.25) is 0 Å². The Morgan fingerprint density at radius 2 is 2.04 bits per heavy atom. The summed E-state index contributed by atoms with van der Waals surface area (Å²) in [6, 6.07) is 5.22. The number of fused-ring (bicyclic) bond motifs is 1. The van der Waals surface area contributed by atoms with Crippen LogP contribution in [0.3, 0.4) is 0 Å². The molecule has 11 heteroatoms. The first-order chi connectivity index (χ1) is 11.8. The van der Waals surface area contributed by atoms with Crippen molar-refractivity contribution in [3.63, 3.8) is 0 Å². The smallest absolute Gasteiger partial charge is 0.321 e. The van der Waals surface area contributed by atoms with Gasteiger partial charge in [0.25, 0.3) is 5.56 Å². The summed E-state index contributed by atoms with van der Waals surface area (Å²) in [4.78, 5) is 35.9. The first-order valence-electron chi connectivity index (χ1n) is 7.47. The van der Waals surface area contributed by atoms with Gasteiger partial charge in [0.05, 0.1) is 16.9 Å². The molecule has 1 aromatic carbocycles. The maximum absolute atomic E-state index is 12.2. The van der Waals surface area contributed by atoms with E-state index >= 15 is 0 Å². The van der Waals surface area contributed by atoms with Gasteiger partial charge in [-0.15, -0.1) is 5.10 Å². The van der Waals surface area contributed by atoms with Crippen LogP contribution in [0.4, 0.5) is 4.79 Å². The number of nitrogens with one attached hydrogen (secondary N) is 2. The van der Waals surface area contributed by atoms with Crippen molar-refractivity contribution >= 4 is 32.7 Å². The summed E-state index contributed by atoms with van der Waals surface area (Å²) in [7, 11) is -3.14. The first kappa shape index (κ1) is 17.0. The van der Waals surface area contributed by atoms with Crippen molar-refractivity contribution in [2.75, 3.05) is 11.5 Å². The molecule has 1 aliphatic heterocycles. The zero-order chi connectivity index (χ0) is 18.0. The van der Waals surface area contributed by atoms with Gasteiger partial charge in [-0.05, 0) is 18.6 Å². The minimum Gasteiger partial charge on any atom is -0.334 e. The standard InChI is InChI=1S/C14H15N5O5S/c20-12(16-14(22)15-9-5-6-25(23,24)8-9)7-19-13(21)10-3-1-2-4-11(10)17-18-19/h1-4,9H,5-8H2,(H2,15,16,20,22). The van der Waals surface area contributed by atoms with Crippen LogP contribution < -0.4 is 16.2 Å². The van der Waals surface area contributed by atoms with Crippen LogP contribution in [0.25, 0.3) is 10.9 Å². The molecule has 1 saturated heterocycles. The molecule has 3 amide bonds. The largest absolute Gasteiger partial charge is 0.334 e. The highest BCUT2D eigenvalue weighted by Crippen LogP contribution is 2.10. The van der Waals surface area contributed by atoms with Crippen LogP contribution >= 0.6 is 0 Å². The minimum absolute atomic E-state index is 0.00790. The van der Waals surface area contributed by atoms with Gasteiger partial charge in [0.15, 0.2) is 9.84 Å². The number of hydrogen-bond donors (Lipinski definition) is 2. The molecular weight excluding hydrogens is 350 g/mol. The molecule has 1 fully saturated rings. The van der Waals surface area contributed by atoms with E-state index in [1.54, 1.807) is 24.3 Å². The van der Waals surface area contributed by atoms with Gasteiger partial charge in [-0.1, -0.05) is 17.3 Å². The number of rotatable bonds is 3. The lowest BCUT2D eigenvalue weighted by molar-refractivity contribution is -0.120.